The summed E-state index contributed by atoms with van der Waals surface area (Å²) in [6.07, 6.45) is 4.09. The fourth-order valence-electron chi connectivity index (χ4n) is 2.54. The lowest BCUT2D eigenvalue weighted by molar-refractivity contribution is 0.157. The van der Waals surface area contributed by atoms with Crippen LogP contribution in [0.4, 0.5) is 0 Å². The second-order valence-electron chi connectivity index (χ2n) is 4.55. The third-order valence-electron chi connectivity index (χ3n) is 3.48. The second kappa shape index (κ2) is 4.80. The zero-order valence-corrected chi connectivity index (χ0v) is 9.87. The highest BCUT2D eigenvalue weighted by Crippen LogP contribution is 2.30. The molecule has 1 unspecified atom stereocenters. The van der Waals surface area contributed by atoms with Gasteiger partial charge in [0.25, 0.3) is 0 Å². The second-order valence-corrected chi connectivity index (χ2v) is 4.55. The molecule has 82 valence electrons. The third kappa shape index (κ3) is 2.40. The Labute approximate surface area is 93.1 Å². The van der Waals surface area contributed by atoms with Crippen molar-refractivity contribution in [1.82, 2.24) is 4.90 Å². The van der Waals surface area contributed by atoms with Gasteiger partial charge in [-0.3, -0.25) is 4.90 Å². The fraction of sp³-hybridized carbons (Fsp3) is 0.571. The highest BCUT2D eigenvalue weighted by molar-refractivity contribution is 5.24. The maximum Gasteiger partial charge on any atom is 0.0348 e. The maximum atomic E-state index is 2.61. The Kier molecular flexibility index (Phi) is 3.42. The van der Waals surface area contributed by atoms with Crippen LogP contribution in [0.15, 0.2) is 24.3 Å². The summed E-state index contributed by atoms with van der Waals surface area (Å²) in [7, 11) is 0. The molecule has 0 spiro atoms. The highest BCUT2D eigenvalue weighted by Gasteiger charge is 2.21. The molecule has 2 rings (SSSR count). The highest BCUT2D eigenvalue weighted by atomic mass is 15.2. The van der Waals surface area contributed by atoms with Crippen LogP contribution in [0, 0.1) is 6.92 Å². The zero-order valence-electron chi connectivity index (χ0n) is 9.87. The molecule has 0 bridgehead atoms. The Balaban J connectivity index is 2.16. The molecule has 1 nitrogen and oxygen atoms in total. The van der Waals surface area contributed by atoms with Crippen LogP contribution in [0.5, 0.6) is 0 Å². The van der Waals surface area contributed by atoms with Gasteiger partial charge in [-0.15, -0.1) is 0 Å². The van der Waals surface area contributed by atoms with Crippen molar-refractivity contribution in [3.8, 4) is 0 Å². The molecule has 1 aliphatic rings. The lowest BCUT2D eigenvalue weighted by Crippen LogP contribution is -2.33. The molecule has 1 saturated heterocycles. The van der Waals surface area contributed by atoms with Gasteiger partial charge in [0, 0.05) is 6.04 Å². The predicted octanol–water partition coefficient (Wildman–Crippen LogP) is 3.54. The number of aryl methyl sites for hydroxylation is 1. The quantitative estimate of drug-likeness (QED) is 0.710. The summed E-state index contributed by atoms with van der Waals surface area (Å²) in [6.45, 7) is 6.88. The number of likely N-dealkylation sites (tertiary alicyclic amines) is 1. The first kappa shape index (κ1) is 10.7. The zero-order chi connectivity index (χ0) is 10.7. The van der Waals surface area contributed by atoms with Gasteiger partial charge < -0.3 is 0 Å². The summed E-state index contributed by atoms with van der Waals surface area (Å²) in [6, 6.07) is 9.74. The SMILES string of the molecule is CCN1CCCCC1c1ccc(C)cc1. The van der Waals surface area contributed by atoms with Crippen LogP contribution in [0.3, 0.4) is 0 Å². The average molecular weight is 203 g/mol. The monoisotopic (exact) mass is 203 g/mol. The standard InChI is InChI=1S/C14H21N/c1-3-15-11-5-4-6-14(15)13-9-7-12(2)8-10-13/h7-10,14H,3-6,11H2,1-2H3. The maximum absolute atomic E-state index is 2.61. The number of hydrogen-bond donors (Lipinski definition) is 0. The van der Waals surface area contributed by atoms with Crippen molar-refractivity contribution in [3.05, 3.63) is 35.4 Å². The minimum absolute atomic E-state index is 0.671. The molecule has 15 heavy (non-hydrogen) atoms. The third-order valence-corrected chi connectivity index (χ3v) is 3.48. The van der Waals surface area contributed by atoms with Crippen molar-refractivity contribution in [1.29, 1.82) is 0 Å². The number of piperidine rings is 1. The topological polar surface area (TPSA) is 3.24 Å². The van der Waals surface area contributed by atoms with E-state index in [-0.39, 0.29) is 0 Å². The number of nitrogens with zero attached hydrogens (tertiary/aromatic N) is 1. The Hall–Kier alpha value is -0.820. The Morgan fingerprint density at radius 2 is 1.93 bits per heavy atom. The van der Waals surface area contributed by atoms with E-state index in [1.54, 1.807) is 0 Å². The molecule has 0 N–H and O–H groups in total. The smallest absolute Gasteiger partial charge is 0.0348 e. The molecular weight excluding hydrogens is 182 g/mol. The van der Waals surface area contributed by atoms with Crippen molar-refractivity contribution in [2.75, 3.05) is 13.1 Å². The van der Waals surface area contributed by atoms with Gasteiger partial charge in [0.2, 0.25) is 0 Å². The first-order valence-corrected chi connectivity index (χ1v) is 6.12. The van der Waals surface area contributed by atoms with Crippen LogP contribution in [0.2, 0.25) is 0 Å². The van der Waals surface area contributed by atoms with Gasteiger partial charge in [0.05, 0.1) is 0 Å². The summed E-state index contributed by atoms with van der Waals surface area (Å²) in [5.41, 5.74) is 2.86. The van der Waals surface area contributed by atoms with E-state index in [4.69, 9.17) is 0 Å². The van der Waals surface area contributed by atoms with Crippen LogP contribution in [0.1, 0.15) is 43.4 Å². The molecule has 1 aliphatic heterocycles. The summed E-state index contributed by atoms with van der Waals surface area (Å²) < 4.78 is 0. The van der Waals surface area contributed by atoms with Crippen molar-refractivity contribution < 1.29 is 0 Å². The minimum Gasteiger partial charge on any atom is -0.297 e. The lowest BCUT2D eigenvalue weighted by atomic mass is 9.95. The molecule has 0 aromatic heterocycles. The van der Waals surface area contributed by atoms with Crippen molar-refractivity contribution >= 4 is 0 Å². The molecule has 0 saturated carbocycles. The van der Waals surface area contributed by atoms with Crippen LogP contribution in [-0.4, -0.2) is 18.0 Å². The number of benzene rings is 1. The normalized spacial score (nSPS) is 22.9. The first-order chi connectivity index (χ1) is 7.31. The first-order valence-electron chi connectivity index (χ1n) is 6.12. The van der Waals surface area contributed by atoms with E-state index < -0.39 is 0 Å². The van der Waals surface area contributed by atoms with E-state index in [0.717, 1.165) is 0 Å². The van der Waals surface area contributed by atoms with E-state index in [1.807, 2.05) is 0 Å². The van der Waals surface area contributed by atoms with Gasteiger partial charge in [-0.2, -0.15) is 0 Å². The van der Waals surface area contributed by atoms with Crippen LogP contribution >= 0.6 is 0 Å². The molecule has 1 heterocycles. The van der Waals surface area contributed by atoms with Crippen LogP contribution in [0.25, 0.3) is 0 Å². The van der Waals surface area contributed by atoms with E-state index in [1.165, 1.54) is 43.5 Å². The van der Waals surface area contributed by atoms with Crippen molar-refractivity contribution in [2.24, 2.45) is 0 Å². The summed E-state index contributed by atoms with van der Waals surface area (Å²) >= 11 is 0. The molecule has 1 aromatic rings. The Morgan fingerprint density at radius 3 is 2.60 bits per heavy atom. The van der Waals surface area contributed by atoms with E-state index >= 15 is 0 Å². The van der Waals surface area contributed by atoms with E-state index in [9.17, 15) is 0 Å². The van der Waals surface area contributed by atoms with E-state index in [0.29, 0.717) is 6.04 Å². The Morgan fingerprint density at radius 1 is 1.20 bits per heavy atom. The molecule has 0 radical (unpaired) electrons. The van der Waals surface area contributed by atoms with Gasteiger partial charge >= 0.3 is 0 Å². The fourth-order valence-corrected chi connectivity index (χ4v) is 2.54. The van der Waals surface area contributed by atoms with Crippen molar-refractivity contribution in [3.63, 3.8) is 0 Å². The summed E-state index contributed by atoms with van der Waals surface area (Å²) in [5.74, 6) is 0. The minimum atomic E-state index is 0.671. The predicted molar refractivity (Wildman–Crippen MR) is 65.0 cm³/mol. The lowest BCUT2D eigenvalue weighted by Gasteiger charge is -2.35. The van der Waals surface area contributed by atoms with Gasteiger partial charge in [0.1, 0.15) is 0 Å². The molecule has 0 aliphatic carbocycles. The van der Waals surface area contributed by atoms with Gasteiger partial charge in [0.15, 0.2) is 0 Å². The van der Waals surface area contributed by atoms with Crippen LogP contribution < -0.4 is 0 Å². The van der Waals surface area contributed by atoms with E-state index in [2.05, 4.69) is 43.0 Å². The van der Waals surface area contributed by atoms with Gasteiger partial charge in [-0.25, -0.2) is 0 Å². The van der Waals surface area contributed by atoms with Gasteiger partial charge in [-0.1, -0.05) is 43.2 Å². The van der Waals surface area contributed by atoms with Crippen LogP contribution in [-0.2, 0) is 0 Å². The molecule has 1 heteroatoms. The largest absolute Gasteiger partial charge is 0.297 e. The Bertz CT molecular complexity index is 302. The van der Waals surface area contributed by atoms with Crippen molar-refractivity contribution in [2.45, 2.75) is 39.2 Å². The van der Waals surface area contributed by atoms with Gasteiger partial charge in [-0.05, 0) is 38.4 Å². The molecule has 1 fully saturated rings. The number of hydrogen-bond acceptors (Lipinski definition) is 1. The molecule has 1 aromatic carbocycles. The molecule has 0 amide bonds. The molecular formula is C14H21N. The molecule has 1 atom stereocenters. The number of rotatable bonds is 2. The summed E-state index contributed by atoms with van der Waals surface area (Å²) in [4.78, 5) is 2.61. The summed E-state index contributed by atoms with van der Waals surface area (Å²) in [5, 5.41) is 0. The average Bonchev–Trinajstić information content (AvgIpc) is 2.30.